The monoisotopic (exact) mass is 270 g/mol. The quantitative estimate of drug-likeness (QED) is 0.641. The first kappa shape index (κ1) is 18.9. The van der Waals surface area contributed by atoms with Gasteiger partial charge in [-0.3, -0.25) is 0 Å². The molecule has 0 heterocycles. The molecule has 116 valence electrons. The van der Waals surface area contributed by atoms with Gasteiger partial charge in [-0.1, -0.05) is 34.6 Å². The maximum absolute atomic E-state index is 3.68. The van der Waals surface area contributed by atoms with Gasteiger partial charge in [-0.05, 0) is 58.0 Å². The summed E-state index contributed by atoms with van der Waals surface area (Å²) in [5.74, 6) is 0.733. The maximum atomic E-state index is 3.68. The van der Waals surface area contributed by atoms with E-state index in [0.717, 1.165) is 19.0 Å². The van der Waals surface area contributed by atoms with Crippen molar-refractivity contribution in [1.82, 2.24) is 10.2 Å². The SMILES string of the molecule is CCC(CC)(CNCC(C)C)CN(C)C(C)(C)CC. The van der Waals surface area contributed by atoms with Gasteiger partial charge in [0, 0.05) is 18.6 Å². The Morgan fingerprint density at radius 1 is 1.00 bits per heavy atom. The molecule has 0 fully saturated rings. The highest BCUT2D eigenvalue weighted by Gasteiger charge is 2.32. The second-order valence-electron chi connectivity index (χ2n) is 7.25. The molecule has 0 spiro atoms. The molecule has 0 aromatic heterocycles. The lowest BCUT2D eigenvalue weighted by Gasteiger charge is -2.43. The molecule has 2 nitrogen and oxygen atoms in total. The Bertz CT molecular complexity index is 229. The molecule has 0 amide bonds. The third-order valence-corrected chi connectivity index (χ3v) is 5.02. The summed E-state index contributed by atoms with van der Waals surface area (Å²) in [7, 11) is 2.28. The van der Waals surface area contributed by atoms with E-state index in [4.69, 9.17) is 0 Å². The second-order valence-corrected chi connectivity index (χ2v) is 7.25. The van der Waals surface area contributed by atoms with Gasteiger partial charge < -0.3 is 10.2 Å². The van der Waals surface area contributed by atoms with Crippen LogP contribution in [-0.2, 0) is 0 Å². The molecule has 2 heteroatoms. The smallest absolute Gasteiger partial charge is 0.0147 e. The third-order valence-electron chi connectivity index (χ3n) is 5.02. The molecule has 0 saturated heterocycles. The summed E-state index contributed by atoms with van der Waals surface area (Å²) in [5.41, 5.74) is 0.712. The van der Waals surface area contributed by atoms with Crippen LogP contribution in [0.15, 0.2) is 0 Å². The van der Waals surface area contributed by atoms with Crippen LogP contribution in [-0.4, -0.2) is 37.1 Å². The van der Waals surface area contributed by atoms with Gasteiger partial charge in [0.1, 0.15) is 0 Å². The van der Waals surface area contributed by atoms with E-state index in [1.165, 1.54) is 25.8 Å². The zero-order chi connectivity index (χ0) is 15.1. The lowest BCUT2D eigenvalue weighted by atomic mass is 9.80. The Balaban J connectivity index is 4.61. The molecular weight excluding hydrogens is 232 g/mol. The minimum absolute atomic E-state index is 0.299. The van der Waals surface area contributed by atoms with E-state index in [9.17, 15) is 0 Å². The highest BCUT2D eigenvalue weighted by molar-refractivity contribution is 4.87. The van der Waals surface area contributed by atoms with Gasteiger partial charge >= 0.3 is 0 Å². The Morgan fingerprint density at radius 3 is 1.89 bits per heavy atom. The van der Waals surface area contributed by atoms with Gasteiger partial charge in [-0.15, -0.1) is 0 Å². The summed E-state index contributed by atoms with van der Waals surface area (Å²) >= 11 is 0. The number of nitrogens with zero attached hydrogens (tertiary/aromatic N) is 1. The topological polar surface area (TPSA) is 15.3 Å². The largest absolute Gasteiger partial charge is 0.316 e. The van der Waals surface area contributed by atoms with Crippen LogP contribution in [0.25, 0.3) is 0 Å². The van der Waals surface area contributed by atoms with Crippen LogP contribution in [0.5, 0.6) is 0 Å². The van der Waals surface area contributed by atoms with Crippen molar-refractivity contribution in [2.75, 3.05) is 26.7 Å². The molecule has 0 radical (unpaired) electrons. The average molecular weight is 271 g/mol. The van der Waals surface area contributed by atoms with E-state index in [-0.39, 0.29) is 0 Å². The fourth-order valence-electron chi connectivity index (χ4n) is 2.39. The molecule has 0 saturated carbocycles. The minimum atomic E-state index is 0.299. The van der Waals surface area contributed by atoms with Crippen LogP contribution in [0.3, 0.4) is 0 Å². The van der Waals surface area contributed by atoms with Gasteiger partial charge in [-0.2, -0.15) is 0 Å². The predicted molar refractivity (Wildman–Crippen MR) is 87.7 cm³/mol. The number of hydrogen-bond donors (Lipinski definition) is 1. The van der Waals surface area contributed by atoms with Crippen molar-refractivity contribution in [1.29, 1.82) is 0 Å². The Kier molecular flexibility index (Phi) is 8.23. The van der Waals surface area contributed by atoms with Gasteiger partial charge in [0.25, 0.3) is 0 Å². The summed E-state index contributed by atoms with van der Waals surface area (Å²) in [6, 6.07) is 0. The van der Waals surface area contributed by atoms with Gasteiger partial charge in [0.05, 0.1) is 0 Å². The summed E-state index contributed by atoms with van der Waals surface area (Å²) in [4.78, 5) is 2.55. The van der Waals surface area contributed by atoms with E-state index in [2.05, 4.69) is 65.7 Å². The van der Waals surface area contributed by atoms with E-state index in [1.807, 2.05) is 0 Å². The van der Waals surface area contributed by atoms with Crippen LogP contribution < -0.4 is 5.32 Å². The summed E-state index contributed by atoms with van der Waals surface area (Å²) < 4.78 is 0. The second kappa shape index (κ2) is 8.26. The number of nitrogens with one attached hydrogen (secondary N) is 1. The Labute approximate surface area is 122 Å². The van der Waals surface area contributed by atoms with Crippen LogP contribution >= 0.6 is 0 Å². The minimum Gasteiger partial charge on any atom is -0.316 e. The van der Waals surface area contributed by atoms with Crippen molar-refractivity contribution in [3.05, 3.63) is 0 Å². The highest BCUT2D eigenvalue weighted by atomic mass is 15.2. The van der Waals surface area contributed by atoms with Crippen LogP contribution in [0.2, 0.25) is 0 Å². The van der Waals surface area contributed by atoms with Crippen molar-refractivity contribution >= 4 is 0 Å². The van der Waals surface area contributed by atoms with E-state index >= 15 is 0 Å². The predicted octanol–water partition coefficient (Wildman–Crippen LogP) is 4.16. The van der Waals surface area contributed by atoms with Crippen molar-refractivity contribution in [2.24, 2.45) is 11.3 Å². The molecule has 0 aromatic rings. The van der Waals surface area contributed by atoms with Crippen molar-refractivity contribution in [3.63, 3.8) is 0 Å². The summed E-state index contributed by atoms with van der Waals surface area (Å²) in [6.45, 7) is 19.7. The fraction of sp³-hybridized carbons (Fsp3) is 1.00. The molecule has 0 aliphatic rings. The molecule has 19 heavy (non-hydrogen) atoms. The average Bonchev–Trinajstić information content (AvgIpc) is 2.36. The lowest BCUT2D eigenvalue weighted by Crippen LogP contribution is -2.49. The molecule has 0 unspecified atom stereocenters. The van der Waals surface area contributed by atoms with E-state index < -0.39 is 0 Å². The lowest BCUT2D eigenvalue weighted by molar-refractivity contribution is 0.0744. The van der Waals surface area contributed by atoms with E-state index in [1.54, 1.807) is 0 Å². The standard InChI is InChI=1S/C17H38N2/c1-9-16(6,7)19(8)14-17(10-2,11-3)13-18-12-15(4)5/h15,18H,9-14H2,1-8H3. The zero-order valence-electron chi connectivity index (χ0n) is 14.8. The van der Waals surface area contributed by atoms with Crippen molar-refractivity contribution in [3.8, 4) is 0 Å². The molecule has 0 rings (SSSR count). The van der Waals surface area contributed by atoms with Gasteiger partial charge in [0.15, 0.2) is 0 Å². The summed E-state index contributed by atoms with van der Waals surface area (Å²) in [5, 5.41) is 3.68. The zero-order valence-corrected chi connectivity index (χ0v) is 14.8. The fourth-order valence-corrected chi connectivity index (χ4v) is 2.39. The maximum Gasteiger partial charge on any atom is 0.0147 e. The molecule has 0 aromatic carbocycles. The molecule has 0 atom stereocenters. The van der Waals surface area contributed by atoms with Crippen LogP contribution in [0.1, 0.15) is 67.7 Å². The third kappa shape index (κ3) is 6.27. The van der Waals surface area contributed by atoms with Crippen LogP contribution in [0, 0.1) is 11.3 Å². The first-order valence-corrected chi connectivity index (χ1v) is 8.15. The normalized spacial score (nSPS) is 13.6. The summed E-state index contributed by atoms with van der Waals surface area (Å²) in [6.07, 6.45) is 3.70. The van der Waals surface area contributed by atoms with Crippen molar-refractivity contribution < 1.29 is 0 Å². The molecule has 0 aliphatic heterocycles. The number of rotatable bonds is 10. The first-order chi connectivity index (χ1) is 8.73. The Morgan fingerprint density at radius 2 is 1.53 bits per heavy atom. The van der Waals surface area contributed by atoms with E-state index in [0.29, 0.717) is 11.0 Å². The molecular formula is C17H38N2. The van der Waals surface area contributed by atoms with Crippen molar-refractivity contribution in [2.45, 2.75) is 73.3 Å². The number of hydrogen-bond acceptors (Lipinski definition) is 2. The Hall–Kier alpha value is -0.0800. The highest BCUT2D eigenvalue weighted by Crippen LogP contribution is 2.30. The van der Waals surface area contributed by atoms with Crippen LogP contribution in [0.4, 0.5) is 0 Å². The van der Waals surface area contributed by atoms with Gasteiger partial charge in [0.2, 0.25) is 0 Å². The molecule has 0 bridgehead atoms. The molecule has 1 N–H and O–H groups in total. The molecule has 0 aliphatic carbocycles. The van der Waals surface area contributed by atoms with Gasteiger partial charge in [-0.25, -0.2) is 0 Å². The first-order valence-electron chi connectivity index (χ1n) is 8.15.